The third-order valence-corrected chi connectivity index (χ3v) is 4.62. The van der Waals surface area contributed by atoms with Gasteiger partial charge in [-0.05, 0) is 18.6 Å². The molecular weight excluding hydrogens is 346 g/mol. The molecule has 2 heterocycles. The van der Waals surface area contributed by atoms with E-state index in [0.717, 1.165) is 31.0 Å². The van der Waals surface area contributed by atoms with E-state index in [2.05, 4.69) is 15.5 Å². The first-order valence-electron chi connectivity index (χ1n) is 8.66. The predicted molar refractivity (Wildman–Crippen MR) is 98.6 cm³/mol. The van der Waals surface area contributed by atoms with Gasteiger partial charge in [0.25, 0.3) is 5.69 Å². The molecule has 0 fully saturated rings. The molecule has 0 aliphatic carbocycles. The zero-order valence-electron chi connectivity index (χ0n) is 14.5. The van der Waals surface area contributed by atoms with Crippen molar-refractivity contribution in [3.63, 3.8) is 0 Å². The van der Waals surface area contributed by atoms with Gasteiger partial charge >= 0.3 is 0 Å². The average Bonchev–Trinajstić information content (AvgIpc) is 3.30. The molecule has 0 saturated heterocycles. The zero-order chi connectivity index (χ0) is 18.8. The van der Waals surface area contributed by atoms with Crippen LogP contribution in [0.4, 0.5) is 11.4 Å². The molecule has 1 aromatic heterocycles. The fourth-order valence-electron chi connectivity index (χ4n) is 3.25. The summed E-state index contributed by atoms with van der Waals surface area (Å²) in [5, 5.41) is 22.8. The molecule has 4 rings (SSSR count). The van der Waals surface area contributed by atoms with E-state index in [1.54, 1.807) is 36.4 Å². The number of aryl methyl sites for hydroxylation is 1. The molecule has 0 amide bonds. The molecule has 0 spiro atoms. The molecule has 136 valence electrons. The molecule has 0 unspecified atom stereocenters. The van der Waals surface area contributed by atoms with Crippen LogP contribution in [0.25, 0.3) is 0 Å². The smallest absolute Gasteiger partial charge is 0.293 e. The number of aromatic nitrogens is 3. The molecule has 0 saturated carbocycles. The topological polar surface area (TPSA) is 103 Å². The number of hydrogen-bond acceptors (Lipinski definition) is 6. The van der Waals surface area contributed by atoms with E-state index in [1.165, 1.54) is 6.07 Å². The molecule has 0 radical (unpaired) electrons. The van der Waals surface area contributed by atoms with Crippen LogP contribution < -0.4 is 5.32 Å². The van der Waals surface area contributed by atoms with Gasteiger partial charge in [0.2, 0.25) is 0 Å². The summed E-state index contributed by atoms with van der Waals surface area (Å²) in [7, 11) is 0. The van der Waals surface area contributed by atoms with Gasteiger partial charge in [-0.3, -0.25) is 14.9 Å². The molecular formula is C19H17N5O3. The number of ketones is 1. The summed E-state index contributed by atoms with van der Waals surface area (Å²) in [6.45, 7) is 1.20. The molecule has 27 heavy (non-hydrogen) atoms. The van der Waals surface area contributed by atoms with E-state index in [9.17, 15) is 14.9 Å². The first kappa shape index (κ1) is 16.9. The van der Waals surface area contributed by atoms with Crippen molar-refractivity contribution < 1.29 is 9.72 Å². The van der Waals surface area contributed by atoms with Crippen LogP contribution in [0.1, 0.15) is 34.0 Å². The van der Waals surface area contributed by atoms with Gasteiger partial charge in [-0.25, -0.2) is 0 Å². The number of rotatable bonds is 6. The number of carbonyl (C=O) groups excluding carboxylic acids is 1. The Morgan fingerprint density at radius 3 is 2.74 bits per heavy atom. The van der Waals surface area contributed by atoms with Crippen LogP contribution in [-0.2, 0) is 19.5 Å². The van der Waals surface area contributed by atoms with Crippen LogP contribution in [0.2, 0.25) is 0 Å². The standard InChI is InChI=1S/C19H17N5O3/c25-19(13-5-2-1-3-6-13)14-8-9-15(16(11-14)24(26)27)20-12-18-22-21-17-7-4-10-23(17)18/h1-3,5-6,8-9,11,20H,4,7,10,12H2. The van der Waals surface area contributed by atoms with Crippen LogP contribution in [0, 0.1) is 10.1 Å². The van der Waals surface area contributed by atoms with Crippen LogP contribution in [0.3, 0.4) is 0 Å². The fraction of sp³-hybridized carbons (Fsp3) is 0.211. The number of nitro benzene ring substituents is 1. The predicted octanol–water partition coefficient (Wildman–Crippen LogP) is 2.98. The molecule has 1 aliphatic heterocycles. The number of benzene rings is 2. The molecule has 3 aromatic rings. The second kappa shape index (κ2) is 6.99. The Hall–Kier alpha value is -3.55. The molecule has 1 aliphatic rings. The van der Waals surface area contributed by atoms with Gasteiger partial charge in [0.05, 0.1) is 11.5 Å². The van der Waals surface area contributed by atoms with Gasteiger partial charge in [0.1, 0.15) is 11.5 Å². The highest BCUT2D eigenvalue weighted by molar-refractivity contribution is 6.09. The maximum absolute atomic E-state index is 12.5. The van der Waals surface area contributed by atoms with Gasteiger partial charge in [-0.2, -0.15) is 0 Å². The van der Waals surface area contributed by atoms with Gasteiger partial charge in [-0.1, -0.05) is 30.3 Å². The van der Waals surface area contributed by atoms with Gasteiger partial charge in [0.15, 0.2) is 11.6 Å². The van der Waals surface area contributed by atoms with Crippen molar-refractivity contribution in [1.82, 2.24) is 14.8 Å². The summed E-state index contributed by atoms with van der Waals surface area (Å²) in [6, 6.07) is 13.2. The fourth-order valence-corrected chi connectivity index (χ4v) is 3.25. The zero-order valence-corrected chi connectivity index (χ0v) is 14.5. The van der Waals surface area contributed by atoms with Crippen molar-refractivity contribution in [1.29, 1.82) is 0 Å². The summed E-state index contributed by atoms with van der Waals surface area (Å²) in [5.41, 5.74) is 0.978. The number of nitro groups is 1. The first-order chi connectivity index (χ1) is 13.1. The Bertz CT molecular complexity index is 1010. The summed E-state index contributed by atoms with van der Waals surface area (Å²) in [6.07, 6.45) is 1.94. The number of anilines is 1. The quantitative estimate of drug-likeness (QED) is 0.410. The Morgan fingerprint density at radius 1 is 1.15 bits per heavy atom. The summed E-state index contributed by atoms with van der Waals surface area (Å²) >= 11 is 0. The van der Waals surface area contributed by atoms with E-state index in [4.69, 9.17) is 0 Å². The number of carbonyl (C=O) groups is 1. The van der Waals surface area contributed by atoms with Crippen LogP contribution in [0.5, 0.6) is 0 Å². The first-order valence-corrected chi connectivity index (χ1v) is 8.66. The van der Waals surface area contributed by atoms with E-state index in [1.807, 2.05) is 10.6 Å². The van der Waals surface area contributed by atoms with Crippen LogP contribution >= 0.6 is 0 Å². The summed E-state index contributed by atoms with van der Waals surface area (Å²) in [5.74, 6) is 1.45. The highest BCUT2D eigenvalue weighted by Gasteiger charge is 2.20. The van der Waals surface area contributed by atoms with E-state index in [0.29, 0.717) is 17.8 Å². The van der Waals surface area contributed by atoms with Crippen molar-refractivity contribution in [3.8, 4) is 0 Å². The highest BCUT2D eigenvalue weighted by atomic mass is 16.6. The van der Waals surface area contributed by atoms with Gasteiger partial charge in [0, 0.05) is 30.2 Å². The Labute approximate surface area is 155 Å². The van der Waals surface area contributed by atoms with Crippen LogP contribution in [-0.4, -0.2) is 25.5 Å². The lowest BCUT2D eigenvalue weighted by Crippen LogP contribution is -2.09. The lowest BCUT2D eigenvalue weighted by atomic mass is 10.0. The lowest BCUT2D eigenvalue weighted by Gasteiger charge is -2.09. The van der Waals surface area contributed by atoms with E-state index >= 15 is 0 Å². The minimum atomic E-state index is -0.488. The highest BCUT2D eigenvalue weighted by Crippen LogP contribution is 2.27. The van der Waals surface area contributed by atoms with E-state index in [-0.39, 0.29) is 17.0 Å². The van der Waals surface area contributed by atoms with Gasteiger partial charge in [-0.15, -0.1) is 10.2 Å². The average molecular weight is 363 g/mol. The Kier molecular flexibility index (Phi) is 4.37. The second-order valence-electron chi connectivity index (χ2n) is 6.33. The minimum absolute atomic E-state index is 0.141. The monoisotopic (exact) mass is 363 g/mol. The molecule has 0 bridgehead atoms. The number of nitrogens with zero attached hydrogens (tertiary/aromatic N) is 4. The third-order valence-electron chi connectivity index (χ3n) is 4.62. The summed E-state index contributed by atoms with van der Waals surface area (Å²) < 4.78 is 2.03. The SMILES string of the molecule is O=C(c1ccccc1)c1ccc(NCc2nnc3n2CCC3)c([N+](=O)[O-])c1. The maximum atomic E-state index is 12.5. The van der Waals surface area contributed by atoms with Crippen LogP contribution in [0.15, 0.2) is 48.5 Å². The van der Waals surface area contributed by atoms with E-state index < -0.39 is 4.92 Å². The van der Waals surface area contributed by atoms with Crippen molar-refractivity contribution in [2.75, 3.05) is 5.32 Å². The molecule has 1 N–H and O–H groups in total. The number of hydrogen-bond donors (Lipinski definition) is 1. The third kappa shape index (κ3) is 3.29. The summed E-state index contributed by atoms with van der Waals surface area (Å²) in [4.78, 5) is 23.6. The van der Waals surface area contributed by atoms with Crippen molar-refractivity contribution >= 4 is 17.2 Å². The van der Waals surface area contributed by atoms with Crippen molar-refractivity contribution in [2.24, 2.45) is 0 Å². The normalized spacial score (nSPS) is 12.6. The minimum Gasteiger partial charge on any atom is -0.372 e. The Balaban J connectivity index is 1.58. The van der Waals surface area contributed by atoms with Crippen molar-refractivity contribution in [3.05, 3.63) is 81.4 Å². The molecule has 0 atom stereocenters. The molecule has 2 aromatic carbocycles. The number of fused-ring (bicyclic) bond motifs is 1. The molecule has 8 nitrogen and oxygen atoms in total. The lowest BCUT2D eigenvalue weighted by molar-refractivity contribution is -0.384. The largest absolute Gasteiger partial charge is 0.372 e. The second-order valence-corrected chi connectivity index (χ2v) is 6.33. The Morgan fingerprint density at radius 2 is 1.96 bits per heavy atom. The maximum Gasteiger partial charge on any atom is 0.293 e. The van der Waals surface area contributed by atoms with Gasteiger partial charge < -0.3 is 9.88 Å². The number of nitrogens with one attached hydrogen (secondary N) is 1. The molecule has 8 heteroatoms. The van der Waals surface area contributed by atoms with Crippen molar-refractivity contribution in [2.45, 2.75) is 25.9 Å².